The second kappa shape index (κ2) is 11.0. The fraction of sp³-hybridized carbons (Fsp3) is 0.579. The van der Waals surface area contributed by atoms with Crippen LogP contribution in [0.5, 0.6) is 11.5 Å². The molecule has 1 aliphatic rings. The van der Waals surface area contributed by atoms with E-state index in [1.165, 1.54) is 0 Å². The number of hydrogen-bond acceptors (Lipinski definition) is 6. The van der Waals surface area contributed by atoms with Crippen molar-refractivity contribution in [3.05, 3.63) is 23.8 Å². The molecule has 1 aromatic rings. The third-order valence-corrected chi connectivity index (χ3v) is 5.20. The Bertz CT molecular complexity index is 641. The van der Waals surface area contributed by atoms with Gasteiger partial charge in [-0.1, -0.05) is 6.07 Å². The molecule has 0 bridgehead atoms. The van der Waals surface area contributed by atoms with E-state index in [2.05, 4.69) is 10.6 Å². The molecule has 2 rings (SSSR count). The van der Waals surface area contributed by atoms with E-state index in [0.29, 0.717) is 37.7 Å². The minimum Gasteiger partial charge on any atom is -0.493 e. The molecule has 0 radical (unpaired) electrons. The monoisotopic (exact) mass is 395 g/mol. The number of hydrogen-bond donors (Lipinski definition) is 2. The Kier molecular flexibility index (Phi) is 8.74. The SMILES string of the molecule is COc1ccc(CN2CCNC(=O)C2CC(=O)NCCCSC)cc1OC. The molecule has 0 aliphatic carbocycles. The fourth-order valence-corrected chi connectivity index (χ4v) is 3.51. The van der Waals surface area contributed by atoms with Crippen LogP contribution in [-0.4, -0.2) is 68.6 Å². The highest BCUT2D eigenvalue weighted by Crippen LogP contribution is 2.28. The number of methoxy groups -OCH3 is 2. The maximum atomic E-state index is 12.3. The summed E-state index contributed by atoms with van der Waals surface area (Å²) in [6.45, 7) is 2.49. The van der Waals surface area contributed by atoms with Crippen molar-refractivity contribution in [2.75, 3.05) is 45.9 Å². The van der Waals surface area contributed by atoms with E-state index in [0.717, 1.165) is 17.7 Å². The van der Waals surface area contributed by atoms with Gasteiger partial charge in [0.2, 0.25) is 11.8 Å². The minimum absolute atomic E-state index is 0.0875. The highest BCUT2D eigenvalue weighted by molar-refractivity contribution is 7.98. The lowest BCUT2D eigenvalue weighted by Gasteiger charge is -2.34. The first-order chi connectivity index (χ1) is 13.1. The van der Waals surface area contributed by atoms with Gasteiger partial charge in [-0.05, 0) is 36.1 Å². The maximum Gasteiger partial charge on any atom is 0.237 e. The number of carbonyl (C=O) groups is 2. The average molecular weight is 396 g/mol. The van der Waals surface area contributed by atoms with Crippen molar-refractivity contribution in [2.24, 2.45) is 0 Å². The number of rotatable bonds is 10. The molecule has 1 atom stereocenters. The molecule has 1 aliphatic heterocycles. The Labute approximate surface area is 165 Å². The molecule has 1 heterocycles. The van der Waals surface area contributed by atoms with Crippen LogP contribution in [-0.2, 0) is 16.1 Å². The topological polar surface area (TPSA) is 79.9 Å². The van der Waals surface area contributed by atoms with Crippen molar-refractivity contribution in [2.45, 2.75) is 25.4 Å². The third kappa shape index (κ3) is 6.32. The lowest BCUT2D eigenvalue weighted by molar-refractivity contribution is -0.134. The Hall–Kier alpha value is -1.93. The molecule has 0 spiro atoms. The largest absolute Gasteiger partial charge is 0.493 e. The zero-order valence-corrected chi connectivity index (χ0v) is 17.1. The Balaban J connectivity index is 2.00. The van der Waals surface area contributed by atoms with E-state index < -0.39 is 6.04 Å². The van der Waals surface area contributed by atoms with E-state index >= 15 is 0 Å². The van der Waals surface area contributed by atoms with Gasteiger partial charge in [0.15, 0.2) is 11.5 Å². The van der Waals surface area contributed by atoms with Crippen LogP contribution in [0.15, 0.2) is 18.2 Å². The predicted molar refractivity (Wildman–Crippen MR) is 107 cm³/mol. The van der Waals surface area contributed by atoms with Crippen molar-refractivity contribution in [3.63, 3.8) is 0 Å². The molecule has 0 saturated carbocycles. The standard InChI is InChI=1S/C19H29N3O4S/c1-25-16-6-5-14(11-17(16)26-2)13-22-9-8-21-19(24)15(22)12-18(23)20-7-4-10-27-3/h5-6,11,15H,4,7-10,12-13H2,1-3H3,(H,20,23)(H,21,24). The van der Waals surface area contributed by atoms with Gasteiger partial charge in [-0.3, -0.25) is 14.5 Å². The number of carbonyl (C=O) groups excluding carboxylic acids is 2. The first-order valence-electron chi connectivity index (χ1n) is 9.07. The van der Waals surface area contributed by atoms with Crippen LogP contribution in [0, 0.1) is 0 Å². The van der Waals surface area contributed by atoms with Gasteiger partial charge in [0, 0.05) is 26.2 Å². The number of nitrogens with zero attached hydrogens (tertiary/aromatic N) is 1. The van der Waals surface area contributed by atoms with Crippen molar-refractivity contribution in [1.29, 1.82) is 0 Å². The smallest absolute Gasteiger partial charge is 0.237 e. The van der Waals surface area contributed by atoms with Gasteiger partial charge >= 0.3 is 0 Å². The first kappa shape index (κ1) is 21.4. The summed E-state index contributed by atoms with van der Waals surface area (Å²) in [7, 11) is 3.19. The molecule has 2 amide bonds. The maximum absolute atomic E-state index is 12.3. The Morgan fingerprint density at radius 1 is 1.33 bits per heavy atom. The lowest BCUT2D eigenvalue weighted by atomic mass is 10.1. The van der Waals surface area contributed by atoms with E-state index in [1.54, 1.807) is 26.0 Å². The molecular formula is C19H29N3O4S. The van der Waals surface area contributed by atoms with Gasteiger partial charge in [0.25, 0.3) is 0 Å². The number of nitrogens with one attached hydrogen (secondary N) is 2. The summed E-state index contributed by atoms with van der Waals surface area (Å²) in [6, 6.07) is 5.25. The molecule has 27 heavy (non-hydrogen) atoms. The summed E-state index contributed by atoms with van der Waals surface area (Å²) in [6.07, 6.45) is 3.14. The van der Waals surface area contributed by atoms with Crippen molar-refractivity contribution in [1.82, 2.24) is 15.5 Å². The van der Waals surface area contributed by atoms with Crippen molar-refractivity contribution in [3.8, 4) is 11.5 Å². The summed E-state index contributed by atoms with van der Waals surface area (Å²) < 4.78 is 10.6. The molecule has 8 heteroatoms. The zero-order valence-electron chi connectivity index (χ0n) is 16.2. The van der Waals surface area contributed by atoms with Crippen LogP contribution in [0.4, 0.5) is 0 Å². The van der Waals surface area contributed by atoms with Gasteiger partial charge in [-0.15, -0.1) is 0 Å². The number of thioether (sulfide) groups is 1. The van der Waals surface area contributed by atoms with Crippen LogP contribution in [0.2, 0.25) is 0 Å². The molecule has 0 aromatic heterocycles. The molecule has 150 valence electrons. The first-order valence-corrected chi connectivity index (χ1v) is 10.5. The molecular weight excluding hydrogens is 366 g/mol. The van der Waals surface area contributed by atoms with Crippen LogP contribution in [0.3, 0.4) is 0 Å². The molecule has 7 nitrogen and oxygen atoms in total. The zero-order chi connectivity index (χ0) is 19.6. The Morgan fingerprint density at radius 3 is 2.81 bits per heavy atom. The highest BCUT2D eigenvalue weighted by Gasteiger charge is 2.31. The van der Waals surface area contributed by atoms with Gasteiger partial charge in [-0.2, -0.15) is 11.8 Å². The minimum atomic E-state index is -0.465. The van der Waals surface area contributed by atoms with E-state index in [9.17, 15) is 9.59 Å². The number of ether oxygens (including phenoxy) is 2. The van der Waals surface area contributed by atoms with Gasteiger partial charge in [0.1, 0.15) is 0 Å². The van der Waals surface area contributed by atoms with Gasteiger partial charge < -0.3 is 20.1 Å². The van der Waals surface area contributed by atoms with Gasteiger partial charge in [0.05, 0.1) is 26.7 Å². The van der Waals surface area contributed by atoms with Crippen LogP contribution >= 0.6 is 11.8 Å². The quantitative estimate of drug-likeness (QED) is 0.581. The fourth-order valence-electron chi connectivity index (χ4n) is 3.08. The lowest BCUT2D eigenvalue weighted by Crippen LogP contribution is -2.56. The summed E-state index contributed by atoms with van der Waals surface area (Å²) in [5, 5.41) is 5.77. The van der Waals surface area contributed by atoms with Crippen LogP contribution < -0.4 is 20.1 Å². The number of benzene rings is 1. The van der Waals surface area contributed by atoms with E-state index in [4.69, 9.17) is 9.47 Å². The molecule has 2 N–H and O–H groups in total. The molecule has 1 unspecified atom stereocenters. The molecule has 1 aromatic carbocycles. The number of amides is 2. The van der Waals surface area contributed by atoms with E-state index in [1.807, 2.05) is 29.4 Å². The van der Waals surface area contributed by atoms with Crippen LogP contribution in [0.25, 0.3) is 0 Å². The number of piperazine rings is 1. The summed E-state index contributed by atoms with van der Waals surface area (Å²) in [5.41, 5.74) is 1.01. The summed E-state index contributed by atoms with van der Waals surface area (Å²) in [5.74, 6) is 2.14. The predicted octanol–water partition coefficient (Wildman–Crippen LogP) is 1.26. The Morgan fingerprint density at radius 2 is 2.11 bits per heavy atom. The second-order valence-electron chi connectivity index (χ2n) is 6.37. The van der Waals surface area contributed by atoms with Crippen LogP contribution in [0.1, 0.15) is 18.4 Å². The van der Waals surface area contributed by atoms with Crippen molar-refractivity contribution < 1.29 is 19.1 Å². The molecule has 1 fully saturated rings. The third-order valence-electron chi connectivity index (χ3n) is 4.50. The van der Waals surface area contributed by atoms with Gasteiger partial charge in [-0.25, -0.2) is 0 Å². The second-order valence-corrected chi connectivity index (χ2v) is 7.35. The van der Waals surface area contributed by atoms with E-state index in [-0.39, 0.29) is 18.2 Å². The van der Waals surface area contributed by atoms with Crippen molar-refractivity contribution >= 4 is 23.6 Å². The summed E-state index contributed by atoms with van der Waals surface area (Å²) >= 11 is 1.75. The normalized spacial score (nSPS) is 17.3. The molecule has 1 saturated heterocycles. The summed E-state index contributed by atoms with van der Waals surface area (Å²) in [4.78, 5) is 26.6. The highest BCUT2D eigenvalue weighted by atomic mass is 32.2. The average Bonchev–Trinajstić information content (AvgIpc) is 2.68.